The summed E-state index contributed by atoms with van der Waals surface area (Å²) in [6, 6.07) is 1.93. The number of rotatable bonds is 3. The van der Waals surface area contributed by atoms with Crippen LogP contribution in [0.4, 0.5) is 0 Å². The molecule has 104 valence electrons. The molecule has 2 aromatic heterocycles. The Balaban J connectivity index is 2.02. The molecule has 1 N–H and O–H groups in total. The Labute approximate surface area is 121 Å². The summed E-state index contributed by atoms with van der Waals surface area (Å²) in [4.78, 5) is 14.7. The fourth-order valence-corrected chi connectivity index (χ4v) is 2.52. The molecule has 2 heterocycles. The van der Waals surface area contributed by atoms with Gasteiger partial charge >= 0.3 is 0 Å². The lowest BCUT2D eigenvalue weighted by atomic mass is 10.2. The van der Waals surface area contributed by atoms with Crippen LogP contribution in [0.1, 0.15) is 20.8 Å². The van der Waals surface area contributed by atoms with Crippen LogP contribution in [0.25, 0.3) is 0 Å². The van der Waals surface area contributed by atoms with Gasteiger partial charge in [0.15, 0.2) is 0 Å². The fourth-order valence-electron chi connectivity index (χ4n) is 1.75. The molecule has 0 radical (unpaired) electrons. The number of aliphatic hydroxyl groups is 1. The van der Waals surface area contributed by atoms with Gasteiger partial charge in [-0.05, 0) is 17.0 Å². The van der Waals surface area contributed by atoms with Gasteiger partial charge < -0.3 is 10.0 Å². The number of aliphatic hydroxyl groups excluding tert-OH is 1. The summed E-state index contributed by atoms with van der Waals surface area (Å²) in [6.45, 7) is 0.373. The normalized spacial score (nSPS) is 9.95. The SMILES string of the molecule is CN(Cc1csc(C#CCO)c1)C(=O)c1cnn(C)c1. The van der Waals surface area contributed by atoms with Crippen LogP contribution in [0, 0.1) is 11.8 Å². The molecule has 2 aromatic rings. The second kappa shape index (κ2) is 6.37. The minimum atomic E-state index is -0.146. The summed E-state index contributed by atoms with van der Waals surface area (Å²) in [5, 5.41) is 14.6. The average Bonchev–Trinajstić information content (AvgIpc) is 3.04. The first-order valence-corrected chi connectivity index (χ1v) is 6.89. The van der Waals surface area contributed by atoms with E-state index in [2.05, 4.69) is 16.9 Å². The van der Waals surface area contributed by atoms with Gasteiger partial charge in [-0.2, -0.15) is 5.10 Å². The monoisotopic (exact) mass is 289 g/mol. The maximum atomic E-state index is 12.2. The molecule has 0 bridgehead atoms. The molecule has 0 saturated heterocycles. The van der Waals surface area contributed by atoms with Gasteiger partial charge in [0.05, 0.1) is 16.6 Å². The van der Waals surface area contributed by atoms with Crippen molar-refractivity contribution < 1.29 is 9.90 Å². The maximum Gasteiger partial charge on any atom is 0.257 e. The molecule has 20 heavy (non-hydrogen) atoms. The predicted octanol–water partition coefficient (Wildman–Crippen LogP) is 1.10. The zero-order chi connectivity index (χ0) is 14.5. The van der Waals surface area contributed by atoms with E-state index in [1.54, 1.807) is 36.1 Å². The van der Waals surface area contributed by atoms with Crippen LogP contribution in [0.2, 0.25) is 0 Å². The van der Waals surface area contributed by atoms with Crippen LogP contribution in [0.3, 0.4) is 0 Å². The van der Waals surface area contributed by atoms with Crippen molar-refractivity contribution in [2.75, 3.05) is 13.7 Å². The zero-order valence-electron chi connectivity index (χ0n) is 11.3. The molecular formula is C14H15N3O2S. The van der Waals surface area contributed by atoms with E-state index in [1.807, 2.05) is 11.4 Å². The highest BCUT2D eigenvalue weighted by atomic mass is 32.1. The third-order valence-electron chi connectivity index (χ3n) is 2.66. The van der Waals surface area contributed by atoms with E-state index >= 15 is 0 Å². The summed E-state index contributed by atoms with van der Waals surface area (Å²) in [6.07, 6.45) is 3.26. The highest BCUT2D eigenvalue weighted by Crippen LogP contribution is 2.16. The summed E-state index contributed by atoms with van der Waals surface area (Å²) < 4.78 is 1.61. The van der Waals surface area contributed by atoms with Gasteiger partial charge in [0.1, 0.15) is 6.61 Å². The van der Waals surface area contributed by atoms with E-state index in [1.165, 1.54) is 11.3 Å². The number of thiophene rings is 1. The number of aryl methyl sites for hydroxylation is 1. The van der Waals surface area contributed by atoms with Gasteiger partial charge in [-0.3, -0.25) is 9.48 Å². The standard InChI is InChI=1S/C14H15N3O2S/c1-16(14(19)12-7-15-17(2)9-12)8-11-6-13(20-10-11)4-3-5-18/h6-7,9-10,18H,5,8H2,1-2H3. The molecule has 0 atom stereocenters. The number of carbonyl (C=O) groups excluding carboxylic acids is 1. The summed E-state index contributed by atoms with van der Waals surface area (Å²) >= 11 is 1.50. The molecule has 0 aromatic carbocycles. The van der Waals surface area contributed by atoms with Crippen molar-refractivity contribution in [3.05, 3.63) is 39.8 Å². The molecule has 0 aliphatic rings. The number of amides is 1. The van der Waals surface area contributed by atoms with Gasteiger partial charge in [-0.1, -0.05) is 11.8 Å². The number of aromatic nitrogens is 2. The van der Waals surface area contributed by atoms with Gasteiger partial charge in [-0.25, -0.2) is 0 Å². The van der Waals surface area contributed by atoms with Crippen molar-refractivity contribution in [3.8, 4) is 11.8 Å². The first-order chi connectivity index (χ1) is 9.60. The Morgan fingerprint density at radius 2 is 2.40 bits per heavy atom. The third kappa shape index (κ3) is 3.47. The topological polar surface area (TPSA) is 58.4 Å². The van der Waals surface area contributed by atoms with E-state index in [0.29, 0.717) is 12.1 Å². The zero-order valence-corrected chi connectivity index (χ0v) is 12.1. The van der Waals surface area contributed by atoms with E-state index in [0.717, 1.165) is 10.4 Å². The van der Waals surface area contributed by atoms with Crippen LogP contribution >= 0.6 is 11.3 Å². The van der Waals surface area contributed by atoms with Crippen LogP contribution in [0.15, 0.2) is 23.8 Å². The molecule has 0 saturated carbocycles. The van der Waals surface area contributed by atoms with E-state index in [-0.39, 0.29) is 12.5 Å². The average molecular weight is 289 g/mol. The quantitative estimate of drug-likeness (QED) is 0.861. The van der Waals surface area contributed by atoms with Crippen LogP contribution in [-0.2, 0) is 13.6 Å². The first kappa shape index (κ1) is 14.3. The van der Waals surface area contributed by atoms with Gasteiger partial charge in [0, 0.05) is 26.8 Å². The number of carbonyl (C=O) groups is 1. The van der Waals surface area contributed by atoms with Gasteiger partial charge in [-0.15, -0.1) is 11.3 Å². The minimum absolute atomic E-state index is 0.0627. The Hall–Kier alpha value is -2.10. The van der Waals surface area contributed by atoms with Crippen molar-refractivity contribution >= 4 is 17.2 Å². The second-order valence-corrected chi connectivity index (χ2v) is 5.25. The molecule has 0 unspecified atom stereocenters. The Morgan fingerprint density at radius 3 is 3.05 bits per heavy atom. The summed E-state index contributed by atoms with van der Waals surface area (Å²) in [5.74, 6) is 5.40. The molecule has 0 aliphatic heterocycles. The fraction of sp³-hybridized carbons (Fsp3) is 0.286. The predicted molar refractivity (Wildman–Crippen MR) is 77.3 cm³/mol. The van der Waals surface area contributed by atoms with Crippen molar-refractivity contribution in [2.45, 2.75) is 6.54 Å². The Morgan fingerprint density at radius 1 is 1.60 bits per heavy atom. The second-order valence-electron chi connectivity index (χ2n) is 4.34. The van der Waals surface area contributed by atoms with Crippen LogP contribution in [0.5, 0.6) is 0 Å². The molecule has 0 spiro atoms. The Kier molecular flexibility index (Phi) is 4.56. The van der Waals surface area contributed by atoms with Gasteiger partial charge in [0.2, 0.25) is 0 Å². The Bertz CT molecular complexity index is 663. The van der Waals surface area contributed by atoms with E-state index in [4.69, 9.17) is 5.11 Å². The molecule has 6 heteroatoms. The third-order valence-corrected chi connectivity index (χ3v) is 3.56. The minimum Gasteiger partial charge on any atom is -0.384 e. The highest BCUT2D eigenvalue weighted by Gasteiger charge is 2.14. The smallest absolute Gasteiger partial charge is 0.257 e. The highest BCUT2D eigenvalue weighted by molar-refractivity contribution is 7.10. The summed E-state index contributed by atoms with van der Waals surface area (Å²) in [7, 11) is 3.54. The number of hydrogen-bond donors (Lipinski definition) is 1. The van der Waals surface area contributed by atoms with Crippen molar-refractivity contribution in [1.82, 2.24) is 14.7 Å². The molecule has 5 nitrogen and oxygen atoms in total. The number of nitrogens with zero attached hydrogens (tertiary/aromatic N) is 3. The molecule has 0 aliphatic carbocycles. The maximum absolute atomic E-state index is 12.2. The van der Waals surface area contributed by atoms with Crippen molar-refractivity contribution in [2.24, 2.45) is 7.05 Å². The van der Waals surface area contributed by atoms with Crippen molar-refractivity contribution in [3.63, 3.8) is 0 Å². The van der Waals surface area contributed by atoms with Crippen molar-refractivity contribution in [1.29, 1.82) is 0 Å². The van der Waals surface area contributed by atoms with E-state index in [9.17, 15) is 4.79 Å². The molecule has 0 fully saturated rings. The lowest BCUT2D eigenvalue weighted by Crippen LogP contribution is -2.25. The molecular weight excluding hydrogens is 274 g/mol. The van der Waals surface area contributed by atoms with Crippen LogP contribution in [-0.4, -0.2) is 39.3 Å². The lowest BCUT2D eigenvalue weighted by molar-refractivity contribution is 0.0785. The molecule has 1 amide bonds. The summed E-state index contributed by atoms with van der Waals surface area (Å²) in [5.41, 5.74) is 1.60. The van der Waals surface area contributed by atoms with E-state index < -0.39 is 0 Å². The number of hydrogen-bond acceptors (Lipinski definition) is 4. The largest absolute Gasteiger partial charge is 0.384 e. The lowest BCUT2D eigenvalue weighted by Gasteiger charge is -2.15. The van der Waals surface area contributed by atoms with Crippen LogP contribution < -0.4 is 0 Å². The van der Waals surface area contributed by atoms with Gasteiger partial charge in [0.25, 0.3) is 5.91 Å². The first-order valence-electron chi connectivity index (χ1n) is 6.01. The molecule has 2 rings (SSSR count).